The predicted molar refractivity (Wildman–Crippen MR) is 62.8 cm³/mol. The van der Waals surface area contributed by atoms with Crippen LogP contribution in [0.25, 0.3) is 5.69 Å². The zero-order valence-electron chi connectivity index (χ0n) is 9.21. The number of aromatic nitrogens is 2. The van der Waals surface area contributed by atoms with Gasteiger partial charge in [-0.3, -0.25) is 5.10 Å². The van der Waals surface area contributed by atoms with Gasteiger partial charge in [0.2, 0.25) is 0 Å². The van der Waals surface area contributed by atoms with Gasteiger partial charge in [0, 0.05) is 23.7 Å². The third-order valence-electron chi connectivity index (χ3n) is 2.99. The van der Waals surface area contributed by atoms with Crippen molar-refractivity contribution in [3.8, 4) is 5.69 Å². The summed E-state index contributed by atoms with van der Waals surface area (Å²) >= 11 is 5.09. The summed E-state index contributed by atoms with van der Waals surface area (Å²) in [6.07, 6.45) is 2.13. The molecular formula is C12H9F3N2S. The molecule has 2 nitrogen and oxygen atoms in total. The lowest BCUT2D eigenvalue weighted by atomic mass is 10.3. The summed E-state index contributed by atoms with van der Waals surface area (Å²) in [5.74, 6) is -2.75. The molecule has 94 valence electrons. The number of halogens is 3. The molecule has 0 amide bonds. The van der Waals surface area contributed by atoms with Crippen LogP contribution in [0.2, 0.25) is 0 Å². The van der Waals surface area contributed by atoms with Crippen molar-refractivity contribution in [1.29, 1.82) is 0 Å². The number of hydrogen-bond donors (Lipinski definition) is 1. The minimum atomic E-state index is -1.21. The van der Waals surface area contributed by atoms with Gasteiger partial charge in [0.05, 0.1) is 0 Å². The molecule has 0 spiro atoms. The van der Waals surface area contributed by atoms with E-state index in [4.69, 9.17) is 12.2 Å². The Morgan fingerprint density at radius 3 is 2.39 bits per heavy atom. The van der Waals surface area contributed by atoms with Crippen molar-refractivity contribution in [2.75, 3.05) is 0 Å². The Labute approximate surface area is 106 Å². The zero-order chi connectivity index (χ0) is 12.9. The second-order valence-corrected chi connectivity index (χ2v) is 4.80. The van der Waals surface area contributed by atoms with Crippen LogP contribution in [-0.4, -0.2) is 9.78 Å². The fourth-order valence-electron chi connectivity index (χ4n) is 1.88. The normalized spacial score (nSPS) is 15.1. The minimum absolute atomic E-state index is 0.106. The van der Waals surface area contributed by atoms with E-state index in [9.17, 15) is 13.2 Å². The van der Waals surface area contributed by atoms with Gasteiger partial charge in [0.15, 0.2) is 17.5 Å². The quantitative estimate of drug-likeness (QED) is 0.649. The number of nitrogens with zero attached hydrogens (tertiary/aromatic N) is 1. The minimum Gasteiger partial charge on any atom is -0.297 e. The third kappa shape index (κ3) is 1.86. The van der Waals surface area contributed by atoms with Crippen LogP contribution in [-0.2, 0) is 0 Å². The van der Waals surface area contributed by atoms with Gasteiger partial charge in [-0.15, -0.1) is 0 Å². The van der Waals surface area contributed by atoms with Crippen molar-refractivity contribution in [2.45, 2.75) is 18.8 Å². The molecule has 1 aromatic heterocycles. The molecule has 1 aromatic carbocycles. The third-order valence-corrected chi connectivity index (χ3v) is 3.29. The maximum absolute atomic E-state index is 13.6. The molecule has 1 fully saturated rings. The number of aromatic amines is 1. The summed E-state index contributed by atoms with van der Waals surface area (Å²) in [6, 6.07) is 3.05. The first kappa shape index (κ1) is 11.5. The molecule has 2 aromatic rings. The van der Waals surface area contributed by atoms with Gasteiger partial charge < -0.3 is 0 Å². The number of nitrogens with one attached hydrogen (secondary N) is 1. The topological polar surface area (TPSA) is 20.7 Å². The molecule has 0 unspecified atom stereocenters. The highest BCUT2D eigenvalue weighted by molar-refractivity contribution is 7.71. The van der Waals surface area contributed by atoms with Gasteiger partial charge in [-0.25, -0.2) is 17.9 Å². The van der Waals surface area contributed by atoms with Crippen LogP contribution in [0.3, 0.4) is 0 Å². The zero-order valence-corrected chi connectivity index (χ0v) is 10.0. The molecule has 6 heteroatoms. The highest BCUT2D eigenvalue weighted by atomic mass is 32.1. The molecule has 3 rings (SSSR count). The largest absolute Gasteiger partial charge is 0.297 e. The first-order valence-electron chi connectivity index (χ1n) is 5.53. The molecule has 1 aliphatic rings. The number of hydrogen-bond acceptors (Lipinski definition) is 1. The maximum Gasteiger partial charge on any atom is 0.161 e. The number of benzene rings is 1. The van der Waals surface area contributed by atoms with E-state index in [1.165, 1.54) is 4.68 Å². The molecule has 1 saturated carbocycles. The van der Waals surface area contributed by atoms with Gasteiger partial charge in [-0.1, -0.05) is 12.2 Å². The Kier molecular flexibility index (Phi) is 2.55. The maximum atomic E-state index is 13.6. The molecule has 0 atom stereocenters. The standard InChI is InChI=1S/C12H9F3N2S/c13-7-3-9(15)11(4-8(7)14)17-12(18)5-10(16-17)6-1-2-6/h3-6,16H,1-2H2. The second kappa shape index (κ2) is 3.98. The predicted octanol–water partition coefficient (Wildman–Crippen LogP) is 3.83. The molecule has 1 aliphatic carbocycles. The molecule has 0 aliphatic heterocycles. The van der Waals surface area contributed by atoms with E-state index in [2.05, 4.69) is 5.10 Å². The van der Waals surface area contributed by atoms with E-state index < -0.39 is 17.5 Å². The lowest BCUT2D eigenvalue weighted by Gasteiger charge is -2.05. The molecule has 18 heavy (non-hydrogen) atoms. The van der Waals surface area contributed by atoms with E-state index in [0.717, 1.165) is 24.6 Å². The Morgan fingerprint density at radius 1 is 1.06 bits per heavy atom. The van der Waals surface area contributed by atoms with E-state index in [1.54, 1.807) is 6.07 Å². The number of rotatable bonds is 2. The van der Waals surface area contributed by atoms with Crippen LogP contribution in [0.1, 0.15) is 24.5 Å². The second-order valence-electron chi connectivity index (χ2n) is 4.38. The summed E-state index contributed by atoms with van der Waals surface area (Å²) in [5.41, 5.74) is 0.801. The highest BCUT2D eigenvalue weighted by Gasteiger charge is 2.26. The van der Waals surface area contributed by atoms with Crippen LogP contribution in [0.4, 0.5) is 13.2 Å². The van der Waals surface area contributed by atoms with Crippen LogP contribution < -0.4 is 0 Å². The van der Waals surface area contributed by atoms with E-state index in [1.807, 2.05) is 0 Å². The SMILES string of the molecule is Fc1cc(F)c(-n2[nH]c(C3CC3)cc2=S)cc1F. The van der Waals surface area contributed by atoms with Gasteiger partial charge in [-0.05, 0) is 18.9 Å². The molecule has 0 radical (unpaired) electrons. The van der Waals surface area contributed by atoms with Gasteiger partial charge >= 0.3 is 0 Å². The smallest absolute Gasteiger partial charge is 0.161 e. The monoisotopic (exact) mass is 270 g/mol. The average Bonchev–Trinajstić information content (AvgIpc) is 3.08. The summed E-state index contributed by atoms with van der Waals surface area (Å²) in [7, 11) is 0. The van der Waals surface area contributed by atoms with Crippen LogP contribution in [0, 0.1) is 22.1 Å². The molecular weight excluding hydrogens is 261 g/mol. The van der Waals surface area contributed by atoms with Crippen LogP contribution in [0.15, 0.2) is 18.2 Å². The van der Waals surface area contributed by atoms with Crippen molar-refractivity contribution in [1.82, 2.24) is 9.78 Å². The van der Waals surface area contributed by atoms with Crippen molar-refractivity contribution >= 4 is 12.2 Å². The lowest BCUT2D eigenvalue weighted by Crippen LogP contribution is -2.02. The molecule has 1 heterocycles. The summed E-state index contributed by atoms with van der Waals surface area (Å²) < 4.78 is 41.3. The van der Waals surface area contributed by atoms with Crippen molar-refractivity contribution < 1.29 is 13.2 Å². The Hall–Kier alpha value is -1.56. The van der Waals surface area contributed by atoms with Crippen molar-refractivity contribution in [3.63, 3.8) is 0 Å². The molecule has 0 bridgehead atoms. The fraction of sp³-hybridized carbons (Fsp3) is 0.250. The van der Waals surface area contributed by atoms with E-state index in [0.29, 0.717) is 16.6 Å². The van der Waals surface area contributed by atoms with Gasteiger partial charge in [0.1, 0.15) is 10.3 Å². The Balaban J connectivity index is 2.14. The highest BCUT2D eigenvalue weighted by Crippen LogP contribution is 2.39. The van der Waals surface area contributed by atoms with Gasteiger partial charge in [0.25, 0.3) is 0 Å². The Bertz CT molecular complexity index is 670. The van der Waals surface area contributed by atoms with Crippen molar-refractivity contribution in [3.05, 3.63) is 46.0 Å². The van der Waals surface area contributed by atoms with E-state index in [-0.39, 0.29) is 5.69 Å². The van der Waals surface area contributed by atoms with E-state index >= 15 is 0 Å². The summed E-state index contributed by atoms with van der Waals surface area (Å²) in [4.78, 5) is 0. The summed E-state index contributed by atoms with van der Waals surface area (Å²) in [6.45, 7) is 0. The molecule has 0 saturated heterocycles. The first-order valence-corrected chi connectivity index (χ1v) is 5.94. The average molecular weight is 270 g/mol. The van der Waals surface area contributed by atoms with Gasteiger partial charge in [-0.2, -0.15) is 0 Å². The molecule has 1 N–H and O–H groups in total. The first-order chi connectivity index (χ1) is 8.56. The lowest BCUT2D eigenvalue weighted by molar-refractivity contribution is 0.491. The summed E-state index contributed by atoms with van der Waals surface area (Å²) in [5, 5.41) is 2.93. The number of H-pyrrole nitrogens is 1. The fourth-order valence-corrected chi connectivity index (χ4v) is 2.15. The van der Waals surface area contributed by atoms with Crippen LogP contribution >= 0.6 is 12.2 Å². The Morgan fingerprint density at radius 2 is 1.72 bits per heavy atom. The van der Waals surface area contributed by atoms with Crippen molar-refractivity contribution in [2.24, 2.45) is 0 Å². The van der Waals surface area contributed by atoms with Crippen LogP contribution in [0.5, 0.6) is 0 Å².